The van der Waals surface area contributed by atoms with Crippen LogP contribution >= 0.6 is 0 Å². The molecule has 2 heterocycles. The summed E-state index contributed by atoms with van der Waals surface area (Å²) < 4.78 is 6.59. The Bertz CT molecular complexity index is 321. The van der Waals surface area contributed by atoms with Crippen molar-refractivity contribution in [1.29, 1.82) is 0 Å². The van der Waals surface area contributed by atoms with Crippen LogP contribution in [0.5, 0.6) is 0 Å². The van der Waals surface area contributed by atoms with Crippen LogP contribution < -0.4 is 4.90 Å². The second-order valence-electron chi connectivity index (χ2n) is 2.90. The molecule has 1 aromatic rings. The molecule has 1 aliphatic heterocycles. The lowest BCUT2D eigenvalue weighted by molar-refractivity contribution is 0.177. The molecule has 1 aliphatic rings. The Hall–Kier alpha value is -1.52. The smallest absolute Gasteiger partial charge is 0.416 e. The molecule has 5 nitrogen and oxygen atoms in total. The van der Waals surface area contributed by atoms with E-state index in [9.17, 15) is 4.79 Å². The summed E-state index contributed by atoms with van der Waals surface area (Å²) in [7, 11) is 1.38. The summed E-state index contributed by atoms with van der Waals surface area (Å²) in [6.07, 6.45) is 4.16. The number of aromatic nitrogens is 2. The van der Waals surface area contributed by atoms with Gasteiger partial charge in [0.2, 0.25) is 5.95 Å². The van der Waals surface area contributed by atoms with Crippen molar-refractivity contribution in [3.63, 3.8) is 0 Å². The fraction of sp³-hybridized carbons (Fsp3) is 0.500. The maximum atomic E-state index is 11.3. The zero-order chi connectivity index (χ0) is 9.26. The van der Waals surface area contributed by atoms with Gasteiger partial charge in [-0.1, -0.05) is 0 Å². The highest BCUT2D eigenvalue weighted by Gasteiger charge is 2.23. The normalized spacial score (nSPS) is 15.3. The molecule has 2 rings (SSSR count). The largest absolute Gasteiger partial charge is 0.452 e. The van der Waals surface area contributed by atoms with Crippen LogP contribution in [-0.2, 0) is 11.3 Å². The number of rotatable bonds is 0. The molecular formula is C8H11N3O2. The van der Waals surface area contributed by atoms with Crippen LogP contribution in [0.3, 0.4) is 0 Å². The van der Waals surface area contributed by atoms with Crippen LogP contribution in [0.25, 0.3) is 0 Å². The third-order valence-corrected chi connectivity index (χ3v) is 2.11. The first-order chi connectivity index (χ1) is 6.33. The van der Waals surface area contributed by atoms with Crippen molar-refractivity contribution in [2.75, 3.05) is 18.6 Å². The molecule has 0 saturated heterocycles. The van der Waals surface area contributed by atoms with Gasteiger partial charge in [-0.15, -0.1) is 0 Å². The highest BCUT2D eigenvalue weighted by atomic mass is 16.5. The SMILES string of the molecule is COC(=O)N1CCCn2ccnc21. The van der Waals surface area contributed by atoms with Crippen molar-refractivity contribution in [2.45, 2.75) is 13.0 Å². The minimum atomic E-state index is -0.341. The molecule has 0 unspecified atom stereocenters. The highest BCUT2D eigenvalue weighted by molar-refractivity contribution is 5.85. The van der Waals surface area contributed by atoms with Gasteiger partial charge in [-0.05, 0) is 6.42 Å². The third-order valence-electron chi connectivity index (χ3n) is 2.11. The standard InChI is InChI=1S/C8H11N3O2/c1-13-8(12)11-5-2-4-10-6-3-9-7(10)11/h3,6H,2,4-5H2,1H3. The summed E-state index contributed by atoms with van der Waals surface area (Å²) in [5, 5.41) is 0. The second kappa shape index (κ2) is 3.08. The van der Waals surface area contributed by atoms with E-state index in [2.05, 4.69) is 9.72 Å². The first kappa shape index (κ1) is 8.10. The number of methoxy groups -OCH3 is 1. The summed E-state index contributed by atoms with van der Waals surface area (Å²) in [6.45, 7) is 1.60. The molecule has 13 heavy (non-hydrogen) atoms. The van der Waals surface area contributed by atoms with Crippen LogP contribution in [0.4, 0.5) is 10.7 Å². The van der Waals surface area contributed by atoms with E-state index in [1.54, 1.807) is 11.1 Å². The maximum absolute atomic E-state index is 11.3. The molecule has 0 aromatic carbocycles. The molecule has 0 N–H and O–H groups in total. The van der Waals surface area contributed by atoms with Gasteiger partial charge in [0.15, 0.2) is 0 Å². The van der Waals surface area contributed by atoms with Gasteiger partial charge < -0.3 is 9.30 Å². The summed E-state index contributed by atoms with van der Waals surface area (Å²) in [5.74, 6) is 0.679. The molecule has 0 atom stereocenters. The van der Waals surface area contributed by atoms with Gasteiger partial charge in [-0.2, -0.15) is 0 Å². The number of imidazole rings is 1. The molecule has 0 bridgehead atoms. The van der Waals surface area contributed by atoms with Crippen molar-refractivity contribution >= 4 is 12.0 Å². The van der Waals surface area contributed by atoms with Crippen molar-refractivity contribution in [2.24, 2.45) is 0 Å². The Morgan fingerprint density at radius 1 is 1.62 bits per heavy atom. The number of nitrogens with zero attached hydrogens (tertiary/aromatic N) is 3. The molecule has 0 spiro atoms. The number of aryl methyl sites for hydroxylation is 1. The lowest BCUT2D eigenvalue weighted by atomic mass is 10.3. The van der Waals surface area contributed by atoms with E-state index in [4.69, 9.17) is 0 Å². The average Bonchev–Trinajstić information content (AvgIpc) is 2.63. The maximum Gasteiger partial charge on any atom is 0.416 e. The van der Waals surface area contributed by atoms with E-state index in [-0.39, 0.29) is 6.09 Å². The third kappa shape index (κ3) is 1.26. The molecular weight excluding hydrogens is 170 g/mol. The Labute approximate surface area is 75.9 Å². The van der Waals surface area contributed by atoms with Crippen LogP contribution in [-0.4, -0.2) is 29.3 Å². The quantitative estimate of drug-likeness (QED) is 0.596. The summed E-state index contributed by atoms with van der Waals surface area (Å²) in [6, 6.07) is 0. The number of carbonyl (C=O) groups is 1. The molecule has 0 radical (unpaired) electrons. The predicted octanol–water partition coefficient (Wildman–Crippen LogP) is 0.860. The fourth-order valence-electron chi connectivity index (χ4n) is 1.50. The van der Waals surface area contributed by atoms with E-state index >= 15 is 0 Å². The molecule has 0 saturated carbocycles. The van der Waals surface area contributed by atoms with Gasteiger partial charge in [0, 0.05) is 25.5 Å². The zero-order valence-corrected chi connectivity index (χ0v) is 7.43. The van der Waals surface area contributed by atoms with Gasteiger partial charge in [0.1, 0.15) is 0 Å². The number of hydrogen-bond donors (Lipinski definition) is 0. The average molecular weight is 181 g/mol. The first-order valence-electron chi connectivity index (χ1n) is 4.19. The van der Waals surface area contributed by atoms with Crippen LogP contribution in [0, 0.1) is 0 Å². The summed E-state index contributed by atoms with van der Waals surface area (Å²) in [5.41, 5.74) is 0. The molecule has 5 heteroatoms. The van der Waals surface area contributed by atoms with Gasteiger partial charge >= 0.3 is 6.09 Å². The van der Waals surface area contributed by atoms with E-state index in [0.29, 0.717) is 12.5 Å². The molecule has 0 fully saturated rings. The lowest BCUT2D eigenvalue weighted by Crippen LogP contribution is -2.37. The summed E-state index contributed by atoms with van der Waals surface area (Å²) >= 11 is 0. The predicted molar refractivity (Wildman–Crippen MR) is 46.6 cm³/mol. The van der Waals surface area contributed by atoms with E-state index in [1.807, 2.05) is 10.8 Å². The lowest BCUT2D eigenvalue weighted by Gasteiger charge is -2.25. The van der Waals surface area contributed by atoms with Crippen molar-refractivity contribution in [3.8, 4) is 0 Å². The minimum Gasteiger partial charge on any atom is -0.452 e. The number of anilines is 1. The molecule has 0 aliphatic carbocycles. The second-order valence-corrected chi connectivity index (χ2v) is 2.90. The van der Waals surface area contributed by atoms with E-state index in [1.165, 1.54) is 7.11 Å². The Morgan fingerprint density at radius 3 is 3.23 bits per heavy atom. The molecule has 70 valence electrons. The van der Waals surface area contributed by atoms with Gasteiger partial charge in [-0.25, -0.2) is 14.7 Å². The number of hydrogen-bond acceptors (Lipinski definition) is 3. The molecule has 1 aromatic heterocycles. The van der Waals surface area contributed by atoms with E-state index in [0.717, 1.165) is 13.0 Å². The van der Waals surface area contributed by atoms with Crippen molar-refractivity contribution in [1.82, 2.24) is 9.55 Å². The van der Waals surface area contributed by atoms with Crippen molar-refractivity contribution < 1.29 is 9.53 Å². The van der Waals surface area contributed by atoms with Gasteiger partial charge in [-0.3, -0.25) is 0 Å². The van der Waals surface area contributed by atoms with Crippen molar-refractivity contribution in [3.05, 3.63) is 12.4 Å². The van der Waals surface area contributed by atoms with Crippen LogP contribution in [0.2, 0.25) is 0 Å². The highest BCUT2D eigenvalue weighted by Crippen LogP contribution is 2.18. The van der Waals surface area contributed by atoms with E-state index < -0.39 is 0 Å². The number of carbonyl (C=O) groups excluding carboxylic acids is 1. The summed E-state index contributed by atoms with van der Waals surface area (Å²) in [4.78, 5) is 16.9. The fourth-order valence-corrected chi connectivity index (χ4v) is 1.50. The van der Waals surface area contributed by atoms with Crippen LogP contribution in [0.15, 0.2) is 12.4 Å². The van der Waals surface area contributed by atoms with Gasteiger partial charge in [0.25, 0.3) is 0 Å². The molecule has 1 amide bonds. The topological polar surface area (TPSA) is 47.4 Å². The number of amides is 1. The number of fused-ring (bicyclic) bond motifs is 1. The Kier molecular flexibility index (Phi) is 1.92. The van der Waals surface area contributed by atoms with Crippen LogP contribution in [0.1, 0.15) is 6.42 Å². The number of ether oxygens (including phenoxy) is 1. The Balaban J connectivity index is 2.30. The van der Waals surface area contributed by atoms with Gasteiger partial charge in [0.05, 0.1) is 7.11 Å². The zero-order valence-electron chi connectivity index (χ0n) is 7.43. The monoisotopic (exact) mass is 181 g/mol. The first-order valence-corrected chi connectivity index (χ1v) is 4.19. The minimum absolute atomic E-state index is 0.341. The Morgan fingerprint density at radius 2 is 2.46 bits per heavy atom.